The van der Waals surface area contributed by atoms with Crippen molar-refractivity contribution < 1.29 is 4.79 Å². The maximum Gasteiger partial charge on any atom is 0.272 e. The Morgan fingerprint density at radius 2 is 2.09 bits per heavy atom. The van der Waals surface area contributed by atoms with Crippen molar-refractivity contribution in [1.29, 1.82) is 0 Å². The van der Waals surface area contributed by atoms with E-state index in [1.54, 1.807) is 23.1 Å². The minimum atomic E-state index is -0.0233. The fourth-order valence-electron chi connectivity index (χ4n) is 2.59. The first kappa shape index (κ1) is 19.4. The minimum Gasteiger partial charge on any atom is -0.332 e. The third kappa shape index (κ3) is 4.02. The van der Waals surface area contributed by atoms with Gasteiger partial charge in [-0.15, -0.1) is 24.8 Å². The third-order valence-electron chi connectivity index (χ3n) is 4.03. The Morgan fingerprint density at radius 1 is 1.30 bits per heavy atom. The number of amides is 1. The number of hydrogen-bond acceptors (Lipinski definition) is 4. The molecule has 1 aliphatic heterocycles. The van der Waals surface area contributed by atoms with E-state index in [1.807, 2.05) is 23.2 Å². The number of halogens is 2. The highest BCUT2D eigenvalue weighted by Gasteiger charge is 2.29. The molecule has 2 aromatic heterocycles. The van der Waals surface area contributed by atoms with E-state index in [0.717, 1.165) is 12.2 Å². The minimum absolute atomic E-state index is 0. The van der Waals surface area contributed by atoms with Gasteiger partial charge in [0.15, 0.2) is 0 Å². The molecule has 3 rings (SSSR count). The van der Waals surface area contributed by atoms with Gasteiger partial charge in [0.25, 0.3) is 5.91 Å². The Bertz CT molecular complexity index is 635. The van der Waals surface area contributed by atoms with Crippen molar-refractivity contribution in [3.05, 3.63) is 42.5 Å². The van der Waals surface area contributed by atoms with Crippen molar-refractivity contribution in [2.75, 3.05) is 13.1 Å². The van der Waals surface area contributed by atoms with E-state index in [9.17, 15) is 4.79 Å². The molecule has 0 saturated carbocycles. The Balaban J connectivity index is 0.00000132. The molecule has 0 bridgehead atoms. The zero-order valence-corrected chi connectivity index (χ0v) is 14.7. The number of nitrogens with one attached hydrogen (secondary N) is 1. The molecule has 0 aliphatic carbocycles. The molecule has 23 heavy (non-hydrogen) atoms. The van der Waals surface area contributed by atoms with Crippen LogP contribution in [0.25, 0.3) is 5.69 Å². The lowest BCUT2D eigenvalue weighted by Gasteiger charge is -2.38. The normalized spacial score (nSPS) is 20.3. The summed E-state index contributed by atoms with van der Waals surface area (Å²) in [5, 5.41) is 7.55. The Kier molecular flexibility index (Phi) is 7.00. The van der Waals surface area contributed by atoms with Gasteiger partial charge in [0.1, 0.15) is 5.69 Å². The van der Waals surface area contributed by atoms with E-state index < -0.39 is 0 Å². The number of hydrogen-bond donors (Lipinski definition) is 1. The summed E-state index contributed by atoms with van der Waals surface area (Å²) in [6.07, 6.45) is 5.21. The number of pyridine rings is 1. The molecule has 1 fully saturated rings. The van der Waals surface area contributed by atoms with Crippen molar-refractivity contribution in [1.82, 2.24) is 25.0 Å². The van der Waals surface area contributed by atoms with Crippen LogP contribution in [0.5, 0.6) is 0 Å². The lowest BCUT2D eigenvalue weighted by atomic mass is 10.1. The van der Waals surface area contributed by atoms with Crippen molar-refractivity contribution in [3.63, 3.8) is 0 Å². The maximum atomic E-state index is 12.7. The van der Waals surface area contributed by atoms with Gasteiger partial charge in [-0.1, -0.05) is 0 Å². The SMILES string of the molecule is CC1NCCN(C(=O)c2cc(-n3cccn3)ccn2)C1C.Cl.Cl. The Morgan fingerprint density at radius 3 is 2.78 bits per heavy atom. The van der Waals surface area contributed by atoms with Crippen LogP contribution in [0, 0.1) is 0 Å². The van der Waals surface area contributed by atoms with Gasteiger partial charge in [-0.3, -0.25) is 9.78 Å². The lowest BCUT2D eigenvalue weighted by molar-refractivity contribution is 0.0597. The topological polar surface area (TPSA) is 63.1 Å². The summed E-state index contributed by atoms with van der Waals surface area (Å²) in [7, 11) is 0. The highest BCUT2D eigenvalue weighted by atomic mass is 35.5. The van der Waals surface area contributed by atoms with Crippen LogP contribution in [-0.4, -0.2) is 50.7 Å². The fourth-order valence-corrected chi connectivity index (χ4v) is 2.59. The number of piperazine rings is 1. The van der Waals surface area contributed by atoms with E-state index >= 15 is 0 Å². The molecule has 1 N–H and O–H groups in total. The number of aromatic nitrogens is 3. The van der Waals surface area contributed by atoms with Crippen LogP contribution in [0.15, 0.2) is 36.8 Å². The van der Waals surface area contributed by atoms with Gasteiger partial charge in [-0.25, -0.2) is 4.68 Å². The third-order valence-corrected chi connectivity index (χ3v) is 4.03. The van der Waals surface area contributed by atoms with Crippen LogP contribution in [0.3, 0.4) is 0 Å². The predicted molar refractivity (Wildman–Crippen MR) is 93.8 cm³/mol. The smallest absolute Gasteiger partial charge is 0.272 e. The Labute approximate surface area is 148 Å². The lowest BCUT2D eigenvalue weighted by Crippen LogP contribution is -2.57. The van der Waals surface area contributed by atoms with Crippen molar-refractivity contribution in [3.8, 4) is 5.69 Å². The molecule has 2 aromatic rings. The highest BCUT2D eigenvalue weighted by molar-refractivity contribution is 5.93. The largest absolute Gasteiger partial charge is 0.332 e. The van der Waals surface area contributed by atoms with E-state index in [0.29, 0.717) is 12.2 Å². The molecule has 2 atom stereocenters. The molecule has 0 aromatic carbocycles. The zero-order chi connectivity index (χ0) is 14.8. The first-order chi connectivity index (χ1) is 10.2. The summed E-state index contributed by atoms with van der Waals surface area (Å²) in [6.45, 7) is 5.68. The summed E-state index contributed by atoms with van der Waals surface area (Å²) in [5.41, 5.74) is 1.30. The second-order valence-electron chi connectivity index (χ2n) is 5.33. The summed E-state index contributed by atoms with van der Waals surface area (Å²) >= 11 is 0. The number of carbonyl (C=O) groups is 1. The average molecular weight is 358 g/mol. The number of rotatable bonds is 2. The second-order valence-corrected chi connectivity index (χ2v) is 5.33. The molecule has 2 unspecified atom stereocenters. The first-order valence-corrected chi connectivity index (χ1v) is 7.17. The molecule has 126 valence electrons. The second kappa shape index (κ2) is 8.29. The molecule has 1 saturated heterocycles. The molecule has 1 amide bonds. The predicted octanol–water partition coefficient (Wildman–Crippen LogP) is 1.93. The average Bonchev–Trinajstić information content (AvgIpc) is 3.04. The van der Waals surface area contributed by atoms with E-state index in [4.69, 9.17) is 0 Å². The number of nitrogens with zero attached hydrogens (tertiary/aromatic N) is 4. The molecular formula is C15H21Cl2N5O. The van der Waals surface area contributed by atoms with Crippen LogP contribution >= 0.6 is 24.8 Å². The van der Waals surface area contributed by atoms with Crippen molar-refractivity contribution in [2.24, 2.45) is 0 Å². The standard InChI is InChI=1S/C15H19N5O.2ClH/c1-11-12(2)19(9-7-16-11)15(21)14-10-13(4-6-17-14)20-8-3-5-18-20;;/h3-6,8,10-12,16H,7,9H2,1-2H3;2*1H. The molecule has 1 aliphatic rings. The van der Waals surface area contributed by atoms with Gasteiger partial charge in [-0.05, 0) is 32.0 Å². The molecule has 0 radical (unpaired) electrons. The molecule has 3 heterocycles. The monoisotopic (exact) mass is 357 g/mol. The Hall–Kier alpha value is -1.63. The van der Waals surface area contributed by atoms with Crippen LogP contribution in [0.1, 0.15) is 24.3 Å². The summed E-state index contributed by atoms with van der Waals surface area (Å²) < 4.78 is 1.72. The molecule has 8 heteroatoms. The van der Waals surface area contributed by atoms with Crippen LogP contribution in [0.2, 0.25) is 0 Å². The van der Waals surface area contributed by atoms with E-state index in [-0.39, 0.29) is 42.8 Å². The van der Waals surface area contributed by atoms with Crippen LogP contribution in [-0.2, 0) is 0 Å². The first-order valence-electron chi connectivity index (χ1n) is 7.17. The van der Waals surface area contributed by atoms with E-state index in [2.05, 4.69) is 29.2 Å². The summed E-state index contributed by atoms with van der Waals surface area (Å²) in [6, 6.07) is 5.92. The van der Waals surface area contributed by atoms with Gasteiger partial charge in [0.2, 0.25) is 0 Å². The molecule has 0 spiro atoms. The summed E-state index contributed by atoms with van der Waals surface area (Å²) in [4.78, 5) is 18.8. The number of carbonyl (C=O) groups excluding carboxylic acids is 1. The highest BCUT2D eigenvalue weighted by Crippen LogP contribution is 2.14. The van der Waals surface area contributed by atoms with Gasteiger partial charge in [-0.2, -0.15) is 5.10 Å². The molecular weight excluding hydrogens is 337 g/mol. The van der Waals surface area contributed by atoms with Gasteiger partial charge >= 0.3 is 0 Å². The summed E-state index contributed by atoms with van der Waals surface area (Å²) in [5.74, 6) is -0.0233. The quantitative estimate of drug-likeness (QED) is 0.891. The van der Waals surface area contributed by atoms with Gasteiger partial charge in [0.05, 0.1) is 5.69 Å². The zero-order valence-electron chi connectivity index (χ0n) is 13.0. The van der Waals surface area contributed by atoms with Crippen LogP contribution in [0.4, 0.5) is 0 Å². The van der Waals surface area contributed by atoms with Crippen molar-refractivity contribution >= 4 is 30.7 Å². The van der Waals surface area contributed by atoms with Gasteiger partial charge in [0, 0.05) is 43.8 Å². The van der Waals surface area contributed by atoms with Crippen molar-refractivity contribution in [2.45, 2.75) is 25.9 Å². The fraction of sp³-hybridized carbons (Fsp3) is 0.400. The molecule has 6 nitrogen and oxygen atoms in total. The van der Waals surface area contributed by atoms with E-state index in [1.165, 1.54) is 0 Å². The maximum absolute atomic E-state index is 12.7. The van der Waals surface area contributed by atoms with Gasteiger partial charge < -0.3 is 10.2 Å². The van der Waals surface area contributed by atoms with Crippen LogP contribution < -0.4 is 5.32 Å².